The van der Waals surface area contributed by atoms with Gasteiger partial charge >= 0.3 is 0 Å². The molecule has 1 heterocycles. The summed E-state index contributed by atoms with van der Waals surface area (Å²) in [5.41, 5.74) is 5.57. The average Bonchev–Trinajstić information content (AvgIpc) is 2.67. The Morgan fingerprint density at radius 3 is 2.74 bits per heavy atom. The van der Waals surface area contributed by atoms with Gasteiger partial charge in [0.2, 0.25) is 5.91 Å². The molecular weight excluding hydrogens is 264 g/mol. The van der Waals surface area contributed by atoms with Crippen molar-refractivity contribution in [3.8, 4) is 0 Å². The van der Waals surface area contributed by atoms with E-state index in [9.17, 15) is 4.79 Å². The van der Waals surface area contributed by atoms with Gasteiger partial charge in [0.15, 0.2) is 0 Å². The molecule has 0 fully saturated rings. The average molecular weight is 287 g/mol. The molecule has 5 nitrogen and oxygen atoms in total. The molecule has 1 rings (SSSR count). The number of aromatic nitrogens is 2. The van der Waals surface area contributed by atoms with E-state index in [1.165, 1.54) is 0 Å². The first-order valence-corrected chi connectivity index (χ1v) is 6.94. The minimum absolute atomic E-state index is 0.0352. The third-order valence-corrected chi connectivity index (χ3v) is 3.69. The SMILES string of the molecule is CCCNC(C)(CC(C)n1cc(Cl)c(C)n1)C(N)=O. The summed E-state index contributed by atoms with van der Waals surface area (Å²) in [7, 11) is 0. The number of carbonyl (C=O) groups is 1. The zero-order chi connectivity index (χ0) is 14.6. The minimum Gasteiger partial charge on any atom is -0.368 e. The molecule has 1 amide bonds. The van der Waals surface area contributed by atoms with E-state index in [0.29, 0.717) is 11.4 Å². The predicted octanol–water partition coefficient (Wildman–Crippen LogP) is 2.04. The van der Waals surface area contributed by atoms with Gasteiger partial charge in [-0.3, -0.25) is 9.48 Å². The number of carbonyl (C=O) groups excluding carboxylic acids is 1. The van der Waals surface area contributed by atoms with Crippen LogP contribution in [-0.2, 0) is 4.79 Å². The molecule has 6 heteroatoms. The van der Waals surface area contributed by atoms with Gasteiger partial charge in [0.1, 0.15) is 0 Å². The molecule has 2 atom stereocenters. The van der Waals surface area contributed by atoms with E-state index >= 15 is 0 Å². The van der Waals surface area contributed by atoms with E-state index in [-0.39, 0.29) is 11.9 Å². The monoisotopic (exact) mass is 286 g/mol. The molecule has 19 heavy (non-hydrogen) atoms. The molecule has 0 aliphatic heterocycles. The summed E-state index contributed by atoms with van der Waals surface area (Å²) in [6, 6.07) is 0.0352. The number of nitrogens with two attached hydrogens (primary N) is 1. The van der Waals surface area contributed by atoms with Gasteiger partial charge in [0.05, 0.1) is 22.3 Å². The van der Waals surface area contributed by atoms with E-state index < -0.39 is 5.54 Å². The summed E-state index contributed by atoms with van der Waals surface area (Å²) in [5, 5.41) is 8.19. The van der Waals surface area contributed by atoms with Crippen LogP contribution >= 0.6 is 11.6 Å². The summed E-state index contributed by atoms with van der Waals surface area (Å²) in [5.74, 6) is -0.345. The van der Waals surface area contributed by atoms with Crippen molar-refractivity contribution in [1.82, 2.24) is 15.1 Å². The molecule has 0 aromatic carbocycles. The highest BCUT2D eigenvalue weighted by molar-refractivity contribution is 6.31. The maximum Gasteiger partial charge on any atom is 0.237 e. The molecule has 0 saturated heterocycles. The number of hydrogen-bond donors (Lipinski definition) is 2. The van der Waals surface area contributed by atoms with Gasteiger partial charge in [0, 0.05) is 6.20 Å². The van der Waals surface area contributed by atoms with E-state index in [1.54, 1.807) is 10.9 Å². The van der Waals surface area contributed by atoms with Gasteiger partial charge in [-0.1, -0.05) is 18.5 Å². The molecule has 108 valence electrons. The van der Waals surface area contributed by atoms with Crippen LogP contribution in [0.5, 0.6) is 0 Å². The van der Waals surface area contributed by atoms with Crippen molar-refractivity contribution in [1.29, 1.82) is 0 Å². The molecule has 0 spiro atoms. The number of aryl methyl sites for hydroxylation is 1. The maximum absolute atomic E-state index is 11.7. The van der Waals surface area contributed by atoms with Crippen LogP contribution in [-0.4, -0.2) is 27.8 Å². The third-order valence-electron chi connectivity index (χ3n) is 3.32. The molecule has 2 unspecified atom stereocenters. The second-order valence-corrected chi connectivity index (χ2v) is 5.63. The van der Waals surface area contributed by atoms with Crippen LogP contribution < -0.4 is 11.1 Å². The summed E-state index contributed by atoms with van der Waals surface area (Å²) in [6.45, 7) is 8.49. The Labute approximate surface area is 119 Å². The third kappa shape index (κ3) is 3.94. The highest BCUT2D eigenvalue weighted by Crippen LogP contribution is 2.23. The summed E-state index contributed by atoms with van der Waals surface area (Å²) >= 11 is 6.00. The first kappa shape index (κ1) is 16.0. The van der Waals surface area contributed by atoms with Crippen LogP contribution in [0.3, 0.4) is 0 Å². The number of rotatable bonds is 7. The lowest BCUT2D eigenvalue weighted by Gasteiger charge is -2.30. The molecule has 1 aromatic rings. The molecule has 3 N–H and O–H groups in total. The topological polar surface area (TPSA) is 72.9 Å². The minimum atomic E-state index is -0.734. The second kappa shape index (κ2) is 6.39. The van der Waals surface area contributed by atoms with Crippen molar-refractivity contribution in [2.75, 3.05) is 6.54 Å². The van der Waals surface area contributed by atoms with Gasteiger partial charge < -0.3 is 11.1 Å². The van der Waals surface area contributed by atoms with Crippen LogP contribution in [0.2, 0.25) is 5.02 Å². The second-order valence-electron chi connectivity index (χ2n) is 5.22. The fourth-order valence-corrected chi connectivity index (χ4v) is 2.17. The normalized spacial score (nSPS) is 16.1. The molecule has 1 aromatic heterocycles. The smallest absolute Gasteiger partial charge is 0.237 e. The van der Waals surface area contributed by atoms with Gasteiger partial charge in [0.25, 0.3) is 0 Å². The van der Waals surface area contributed by atoms with E-state index in [0.717, 1.165) is 18.7 Å². The lowest BCUT2D eigenvalue weighted by atomic mass is 9.92. The van der Waals surface area contributed by atoms with E-state index in [1.807, 2.05) is 20.8 Å². The number of nitrogens with one attached hydrogen (secondary N) is 1. The van der Waals surface area contributed by atoms with E-state index in [4.69, 9.17) is 17.3 Å². The molecule has 0 bridgehead atoms. The predicted molar refractivity (Wildman–Crippen MR) is 77.2 cm³/mol. The van der Waals surface area contributed by atoms with Crippen molar-refractivity contribution in [3.63, 3.8) is 0 Å². The van der Waals surface area contributed by atoms with Crippen LogP contribution in [0.1, 0.15) is 45.3 Å². The number of hydrogen-bond acceptors (Lipinski definition) is 3. The highest BCUT2D eigenvalue weighted by atomic mass is 35.5. The van der Waals surface area contributed by atoms with Gasteiger partial charge in [-0.05, 0) is 40.2 Å². The van der Waals surface area contributed by atoms with Gasteiger partial charge in [-0.15, -0.1) is 0 Å². The highest BCUT2D eigenvalue weighted by Gasteiger charge is 2.32. The van der Waals surface area contributed by atoms with Crippen molar-refractivity contribution in [3.05, 3.63) is 16.9 Å². The van der Waals surface area contributed by atoms with Crippen molar-refractivity contribution in [2.45, 2.75) is 52.1 Å². The Morgan fingerprint density at radius 2 is 2.32 bits per heavy atom. The molecule has 0 saturated carbocycles. The summed E-state index contributed by atoms with van der Waals surface area (Å²) < 4.78 is 1.78. The number of halogens is 1. The van der Waals surface area contributed by atoms with E-state index in [2.05, 4.69) is 17.3 Å². The largest absolute Gasteiger partial charge is 0.368 e. The van der Waals surface area contributed by atoms with Crippen LogP contribution in [0, 0.1) is 6.92 Å². The van der Waals surface area contributed by atoms with Gasteiger partial charge in [-0.25, -0.2) is 0 Å². The Bertz CT molecular complexity index is 426. The molecule has 0 aliphatic carbocycles. The first-order chi connectivity index (χ1) is 8.80. The van der Waals surface area contributed by atoms with Crippen LogP contribution in [0.25, 0.3) is 0 Å². The molecular formula is C13H23ClN4O. The lowest BCUT2D eigenvalue weighted by Crippen LogP contribution is -2.54. The molecule has 0 radical (unpaired) electrons. The van der Waals surface area contributed by atoms with Crippen LogP contribution in [0.4, 0.5) is 0 Å². The lowest BCUT2D eigenvalue weighted by molar-refractivity contribution is -0.124. The van der Waals surface area contributed by atoms with Crippen molar-refractivity contribution in [2.24, 2.45) is 5.73 Å². The summed E-state index contributed by atoms with van der Waals surface area (Å²) in [6.07, 6.45) is 3.30. The van der Waals surface area contributed by atoms with Crippen molar-refractivity contribution < 1.29 is 4.79 Å². The summed E-state index contributed by atoms with van der Waals surface area (Å²) in [4.78, 5) is 11.7. The number of amides is 1. The first-order valence-electron chi connectivity index (χ1n) is 6.56. The fraction of sp³-hybridized carbons (Fsp3) is 0.692. The fourth-order valence-electron chi connectivity index (χ4n) is 2.03. The Morgan fingerprint density at radius 1 is 1.68 bits per heavy atom. The Balaban J connectivity index is 2.81. The number of nitrogens with zero attached hydrogens (tertiary/aromatic N) is 2. The van der Waals surface area contributed by atoms with Crippen LogP contribution in [0.15, 0.2) is 6.20 Å². The standard InChI is InChI=1S/C13H23ClN4O/c1-5-6-16-13(4,12(15)19)7-9(2)18-8-11(14)10(3)17-18/h8-9,16H,5-7H2,1-4H3,(H2,15,19). The Hall–Kier alpha value is -1.07. The number of primary amides is 1. The van der Waals surface area contributed by atoms with Crippen molar-refractivity contribution >= 4 is 17.5 Å². The maximum atomic E-state index is 11.7. The quantitative estimate of drug-likeness (QED) is 0.806. The zero-order valence-electron chi connectivity index (χ0n) is 12.0. The molecule has 0 aliphatic rings. The zero-order valence-corrected chi connectivity index (χ0v) is 12.8. The Kier molecular flexibility index (Phi) is 5.38. The van der Waals surface area contributed by atoms with Gasteiger partial charge in [-0.2, -0.15) is 5.10 Å².